The number of aryl methyl sites for hydroxylation is 1. The van der Waals surface area contributed by atoms with E-state index in [0.29, 0.717) is 12.2 Å². The van der Waals surface area contributed by atoms with Crippen LogP contribution in [-0.2, 0) is 13.2 Å². The van der Waals surface area contributed by atoms with Crippen LogP contribution in [-0.4, -0.2) is 25.1 Å². The van der Waals surface area contributed by atoms with Crippen molar-refractivity contribution in [2.45, 2.75) is 20.1 Å². The van der Waals surface area contributed by atoms with Crippen LogP contribution < -0.4 is 0 Å². The summed E-state index contributed by atoms with van der Waals surface area (Å²) in [5.41, 5.74) is 1.55. The molecule has 0 aromatic carbocycles. The first-order valence-corrected chi connectivity index (χ1v) is 5.07. The van der Waals surface area contributed by atoms with E-state index in [1.165, 1.54) is 0 Å². The molecule has 5 nitrogen and oxygen atoms in total. The molecule has 0 atom stereocenters. The number of hydrogen-bond acceptors (Lipinski definition) is 5. The zero-order chi connectivity index (χ0) is 9.97. The fraction of sp³-hybridized carbons (Fsp3) is 0.375. The topological polar surface area (TPSA) is 63.8 Å². The van der Waals surface area contributed by atoms with Crippen LogP contribution >= 0.6 is 11.3 Å². The molecule has 0 aliphatic carbocycles. The lowest BCUT2D eigenvalue weighted by Crippen LogP contribution is -2.00. The van der Waals surface area contributed by atoms with Gasteiger partial charge in [0, 0.05) is 5.38 Å². The van der Waals surface area contributed by atoms with E-state index in [9.17, 15) is 0 Å². The standard InChI is InChI=1S/C8H10N4OS/c1-6-9-8(5-14-6)3-12-2-7(4-13)10-11-12/h2,5,13H,3-4H2,1H3. The zero-order valence-corrected chi connectivity index (χ0v) is 8.53. The molecule has 2 aromatic heterocycles. The lowest BCUT2D eigenvalue weighted by atomic mass is 10.5. The van der Waals surface area contributed by atoms with Crippen LogP contribution in [0.3, 0.4) is 0 Å². The van der Waals surface area contributed by atoms with E-state index in [1.54, 1.807) is 22.2 Å². The van der Waals surface area contributed by atoms with Gasteiger partial charge in [0.05, 0.1) is 30.1 Å². The maximum absolute atomic E-state index is 8.79. The summed E-state index contributed by atoms with van der Waals surface area (Å²) in [7, 11) is 0. The Balaban J connectivity index is 2.10. The largest absolute Gasteiger partial charge is 0.390 e. The maximum atomic E-state index is 8.79. The molecule has 0 spiro atoms. The first-order chi connectivity index (χ1) is 6.78. The highest BCUT2D eigenvalue weighted by atomic mass is 32.1. The Labute approximate surface area is 85.0 Å². The first-order valence-electron chi connectivity index (χ1n) is 4.19. The highest BCUT2D eigenvalue weighted by Gasteiger charge is 2.02. The Bertz CT molecular complexity index is 422. The summed E-state index contributed by atoms with van der Waals surface area (Å²) in [6.07, 6.45) is 1.72. The van der Waals surface area contributed by atoms with Gasteiger partial charge in [0.25, 0.3) is 0 Å². The van der Waals surface area contributed by atoms with Gasteiger partial charge in [-0.3, -0.25) is 0 Å². The van der Waals surface area contributed by atoms with Crippen LogP contribution in [0, 0.1) is 6.92 Å². The van der Waals surface area contributed by atoms with Gasteiger partial charge >= 0.3 is 0 Å². The second kappa shape index (κ2) is 3.85. The minimum Gasteiger partial charge on any atom is -0.390 e. The highest BCUT2D eigenvalue weighted by molar-refractivity contribution is 7.09. The van der Waals surface area contributed by atoms with Gasteiger partial charge in [-0.25, -0.2) is 9.67 Å². The summed E-state index contributed by atoms with van der Waals surface area (Å²) >= 11 is 1.61. The van der Waals surface area contributed by atoms with Crippen LogP contribution in [0.5, 0.6) is 0 Å². The average Bonchev–Trinajstić information content (AvgIpc) is 2.76. The van der Waals surface area contributed by atoms with Crippen LogP contribution in [0.1, 0.15) is 16.4 Å². The third-order valence-corrected chi connectivity index (χ3v) is 2.56. The second-order valence-electron chi connectivity index (χ2n) is 2.92. The number of aliphatic hydroxyl groups is 1. The molecular weight excluding hydrogens is 200 g/mol. The van der Waals surface area contributed by atoms with Gasteiger partial charge in [-0.1, -0.05) is 5.21 Å². The number of nitrogens with zero attached hydrogens (tertiary/aromatic N) is 4. The van der Waals surface area contributed by atoms with Crippen molar-refractivity contribution in [3.63, 3.8) is 0 Å². The van der Waals surface area contributed by atoms with E-state index in [2.05, 4.69) is 15.3 Å². The van der Waals surface area contributed by atoms with Crippen molar-refractivity contribution in [3.05, 3.63) is 28.0 Å². The van der Waals surface area contributed by atoms with E-state index < -0.39 is 0 Å². The Kier molecular flexibility index (Phi) is 2.55. The quantitative estimate of drug-likeness (QED) is 0.805. The minimum absolute atomic E-state index is 0.0733. The van der Waals surface area contributed by atoms with Gasteiger partial charge in [0.1, 0.15) is 5.69 Å². The molecule has 6 heteroatoms. The lowest BCUT2D eigenvalue weighted by molar-refractivity contribution is 0.276. The number of thiazole rings is 1. The predicted molar refractivity (Wildman–Crippen MR) is 51.9 cm³/mol. The summed E-state index contributed by atoms with van der Waals surface area (Å²) in [6, 6.07) is 0. The number of hydrogen-bond donors (Lipinski definition) is 1. The molecule has 0 bridgehead atoms. The van der Waals surface area contributed by atoms with E-state index in [1.807, 2.05) is 12.3 Å². The van der Waals surface area contributed by atoms with Crippen molar-refractivity contribution >= 4 is 11.3 Å². The molecule has 0 fully saturated rings. The number of aliphatic hydroxyl groups excluding tert-OH is 1. The summed E-state index contributed by atoms with van der Waals surface area (Å²) < 4.78 is 1.67. The van der Waals surface area contributed by atoms with Crippen LogP contribution in [0.4, 0.5) is 0 Å². The fourth-order valence-electron chi connectivity index (χ4n) is 1.14. The van der Waals surface area contributed by atoms with E-state index in [-0.39, 0.29) is 6.61 Å². The minimum atomic E-state index is -0.0733. The van der Waals surface area contributed by atoms with Gasteiger partial charge in [-0.2, -0.15) is 0 Å². The van der Waals surface area contributed by atoms with Crippen LogP contribution in [0.2, 0.25) is 0 Å². The molecule has 1 N–H and O–H groups in total. The van der Waals surface area contributed by atoms with Gasteiger partial charge in [-0.05, 0) is 6.92 Å². The zero-order valence-electron chi connectivity index (χ0n) is 7.71. The Morgan fingerprint density at radius 1 is 1.50 bits per heavy atom. The highest BCUT2D eigenvalue weighted by Crippen LogP contribution is 2.08. The summed E-state index contributed by atoms with van der Waals surface area (Å²) in [6.45, 7) is 2.50. The fourth-order valence-corrected chi connectivity index (χ4v) is 1.74. The summed E-state index contributed by atoms with van der Waals surface area (Å²) in [5, 5.41) is 19.5. The number of aromatic nitrogens is 4. The molecule has 2 heterocycles. The lowest BCUT2D eigenvalue weighted by Gasteiger charge is -1.94. The van der Waals surface area contributed by atoms with Gasteiger partial charge in [0.15, 0.2) is 0 Å². The molecular formula is C8H10N4OS. The molecule has 2 aromatic rings. The molecule has 0 aliphatic heterocycles. The Morgan fingerprint density at radius 2 is 2.36 bits per heavy atom. The summed E-state index contributed by atoms with van der Waals surface area (Å²) in [4.78, 5) is 4.31. The van der Waals surface area contributed by atoms with Crippen molar-refractivity contribution < 1.29 is 5.11 Å². The van der Waals surface area contributed by atoms with Crippen molar-refractivity contribution in [2.75, 3.05) is 0 Å². The third-order valence-electron chi connectivity index (χ3n) is 1.74. The molecule has 0 unspecified atom stereocenters. The Hall–Kier alpha value is -1.27. The number of rotatable bonds is 3. The molecule has 0 radical (unpaired) electrons. The van der Waals surface area contributed by atoms with E-state index in [0.717, 1.165) is 10.7 Å². The molecule has 0 saturated carbocycles. The second-order valence-corrected chi connectivity index (χ2v) is 3.99. The molecule has 2 rings (SSSR count). The molecule has 74 valence electrons. The Morgan fingerprint density at radius 3 is 2.93 bits per heavy atom. The van der Waals surface area contributed by atoms with Crippen molar-refractivity contribution in [2.24, 2.45) is 0 Å². The van der Waals surface area contributed by atoms with Crippen molar-refractivity contribution in [3.8, 4) is 0 Å². The smallest absolute Gasteiger partial charge is 0.108 e. The van der Waals surface area contributed by atoms with Crippen molar-refractivity contribution in [1.82, 2.24) is 20.0 Å². The normalized spacial score (nSPS) is 10.7. The van der Waals surface area contributed by atoms with E-state index in [4.69, 9.17) is 5.11 Å². The van der Waals surface area contributed by atoms with Crippen molar-refractivity contribution in [1.29, 1.82) is 0 Å². The molecule has 0 aliphatic rings. The molecule has 0 saturated heterocycles. The van der Waals surface area contributed by atoms with Gasteiger partial charge < -0.3 is 5.11 Å². The molecule has 0 amide bonds. The monoisotopic (exact) mass is 210 g/mol. The molecule has 14 heavy (non-hydrogen) atoms. The van der Waals surface area contributed by atoms with E-state index >= 15 is 0 Å². The third kappa shape index (κ3) is 1.97. The van der Waals surface area contributed by atoms with Crippen LogP contribution in [0.15, 0.2) is 11.6 Å². The SMILES string of the molecule is Cc1nc(Cn2cc(CO)nn2)cs1. The average molecular weight is 210 g/mol. The van der Waals surface area contributed by atoms with Gasteiger partial charge in [-0.15, -0.1) is 16.4 Å². The van der Waals surface area contributed by atoms with Gasteiger partial charge in [0.2, 0.25) is 0 Å². The predicted octanol–water partition coefficient (Wildman–Crippen LogP) is 0.584. The first kappa shape index (κ1) is 9.29. The van der Waals surface area contributed by atoms with Crippen LogP contribution in [0.25, 0.3) is 0 Å². The maximum Gasteiger partial charge on any atom is 0.108 e. The summed E-state index contributed by atoms with van der Waals surface area (Å²) in [5.74, 6) is 0.